The number of nitrogens with zero attached hydrogens (tertiary/aromatic N) is 2. The molecule has 1 aromatic carbocycles. The Morgan fingerprint density at radius 3 is 2.78 bits per heavy atom. The van der Waals surface area contributed by atoms with Gasteiger partial charge in [0.05, 0.1) is 11.0 Å². The number of aromatic nitrogens is 2. The summed E-state index contributed by atoms with van der Waals surface area (Å²) in [4.78, 5) is 11.8. The van der Waals surface area contributed by atoms with Crippen molar-refractivity contribution in [3.05, 3.63) is 45.3 Å². The number of anilines is 1. The van der Waals surface area contributed by atoms with E-state index in [0.29, 0.717) is 15.1 Å². The predicted octanol–water partition coefficient (Wildman–Crippen LogP) is 4.83. The van der Waals surface area contributed by atoms with Crippen molar-refractivity contribution in [2.45, 2.75) is 32.9 Å². The third-order valence-corrected chi connectivity index (χ3v) is 3.65. The molecule has 1 heterocycles. The monoisotopic (exact) mass is 403 g/mol. The third kappa shape index (κ3) is 4.94. The Labute approximate surface area is 146 Å². The van der Waals surface area contributed by atoms with E-state index in [4.69, 9.17) is 16.3 Å². The van der Waals surface area contributed by atoms with Crippen LogP contribution in [0.1, 0.15) is 26.3 Å². The van der Waals surface area contributed by atoms with Crippen LogP contribution in [-0.4, -0.2) is 21.5 Å². The first-order valence-electron chi connectivity index (χ1n) is 6.81. The fraction of sp³-hybridized carbons (Fsp3) is 0.333. The molecule has 124 valence electrons. The van der Waals surface area contributed by atoms with Crippen molar-refractivity contribution in [2.24, 2.45) is 0 Å². The number of hydrogen-bond acceptors (Lipinski definition) is 3. The number of carbonyl (C=O) groups is 1. The van der Waals surface area contributed by atoms with E-state index < -0.39 is 17.5 Å². The van der Waals surface area contributed by atoms with Gasteiger partial charge >= 0.3 is 6.09 Å². The Hall–Kier alpha value is -1.60. The summed E-state index contributed by atoms with van der Waals surface area (Å²) in [5.74, 6) is -0.127. The first-order chi connectivity index (χ1) is 10.7. The minimum atomic E-state index is -0.618. The van der Waals surface area contributed by atoms with E-state index in [9.17, 15) is 9.18 Å². The van der Waals surface area contributed by atoms with E-state index in [-0.39, 0.29) is 12.4 Å². The van der Waals surface area contributed by atoms with Crippen LogP contribution in [0.25, 0.3) is 0 Å². The van der Waals surface area contributed by atoms with Gasteiger partial charge in [-0.05, 0) is 48.8 Å². The normalized spacial score (nSPS) is 11.4. The summed E-state index contributed by atoms with van der Waals surface area (Å²) in [5, 5.41) is 7.04. The van der Waals surface area contributed by atoms with Crippen molar-refractivity contribution >= 4 is 39.4 Å². The second-order valence-electron chi connectivity index (χ2n) is 5.85. The molecule has 0 radical (unpaired) electrons. The minimum absolute atomic E-state index is 0.139. The molecule has 0 bridgehead atoms. The van der Waals surface area contributed by atoms with E-state index in [1.165, 1.54) is 16.8 Å². The highest BCUT2D eigenvalue weighted by Gasteiger charge is 2.19. The van der Waals surface area contributed by atoms with Crippen LogP contribution in [0.5, 0.6) is 0 Å². The molecule has 0 aliphatic rings. The number of ether oxygens (including phenoxy) is 1. The average molecular weight is 405 g/mol. The fourth-order valence-electron chi connectivity index (χ4n) is 1.81. The van der Waals surface area contributed by atoms with E-state index in [2.05, 4.69) is 26.3 Å². The van der Waals surface area contributed by atoms with E-state index in [1.807, 2.05) is 0 Å². The first kappa shape index (κ1) is 17.7. The summed E-state index contributed by atoms with van der Waals surface area (Å²) in [6, 6.07) is 4.48. The van der Waals surface area contributed by atoms with Crippen LogP contribution >= 0.6 is 27.5 Å². The summed E-state index contributed by atoms with van der Waals surface area (Å²) in [7, 11) is 0. The zero-order valence-corrected chi connectivity index (χ0v) is 15.2. The van der Waals surface area contributed by atoms with Gasteiger partial charge in [-0.25, -0.2) is 9.18 Å². The molecular weight excluding hydrogens is 389 g/mol. The molecule has 5 nitrogen and oxygen atoms in total. The van der Waals surface area contributed by atoms with Crippen molar-refractivity contribution < 1.29 is 13.9 Å². The largest absolute Gasteiger partial charge is 0.444 e. The van der Waals surface area contributed by atoms with Gasteiger partial charge in [0.2, 0.25) is 0 Å². The summed E-state index contributed by atoms with van der Waals surface area (Å²) >= 11 is 9.30. The van der Waals surface area contributed by atoms with Crippen LogP contribution < -0.4 is 5.32 Å². The number of nitrogens with one attached hydrogen (secondary N) is 1. The van der Waals surface area contributed by atoms with Crippen molar-refractivity contribution in [3.8, 4) is 0 Å². The first-order valence-corrected chi connectivity index (χ1v) is 7.98. The summed E-state index contributed by atoms with van der Waals surface area (Å²) in [6.07, 6.45) is 1.00. The highest BCUT2D eigenvalue weighted by molar-refractivity contribution is 9.10. The lowest BCUT2D eigenvalue weighted by atomic mass is 10.2. The maximum atomic E-state index is 13.8. The van der Waals surface area contributed by atoms with Gasteiger partial charge in [-0.15, -0.1) is 0 Å². The van der Waals surface area contributed by atoms with Crippen molar-refractivity contribution in [2.75, 3.05) is 5.32 Å². The Bertz CT molecular complexity index is 708. The number of hydrogen-bond donors (Lipinski definition) is 1. The summed E-state index contributed by atoms with van der Waals surface area (Å²) < 4.78 is 21.0. The lowest BCUT2D eigenvalue weighted by Gasteiger charge is -2.19. The van der Waals surface area contributed by atoms with Crippen molar-refractivity contribution in [1.29, 1.82) is 0 Å². The van der Waals surface area contributed by atoms with Crippen LogP contribution in [0.3, 0.4) is 0 Å². The number of rotatable bonds is 3. The molecule has 0 aliphatic carbocycles. The third-order valence-electron chi connectivity index (χ3n) is 2.72. The Morgan fingerprint density at radius 2 is 2.17 bits per heavy atom. The summed E-state index contributed by atoms with van der Waals surface area (Å²) in [6.45, 7) is 5.43. The van der Waals surface area contributed by atoms with Gasteiger partial charge in [-0.2, -0.15) is 5.10 Å². The van der Waals surface area contributed by atoms with Gasteiger partial charge in [0.15, 0.2) is 5.82 Å². The zero-order valence-electron chi connectivity index (χ0n) is 12.9. The second kappa shape index (κ2) is 6.88. The molecular formula is C15H16BrClFN3O2. The molecule has 0 unspecified atom stereocenters. The molecule has 23 heavy (non-hydrogen) atoms. The second-order valence-corrected chi connectivity index (χ2v) is 7.11. The fourth-order valence-corrected chi connectivity index (χ4v) is 2.45. The quantitative estimate of drug-likeness (QED) is 0.797. The molecule has 2 rings (SSSR count). The molecule has 1 amide bonds. The number of benzene rings is 1. The molecule has 0 saturated carbocycles. The maximum Gasteiger partial charge on any atom is 0.413 e. The van der Waals surface area contributed by atoms with Crippen LogP contribution in [0.2, 0.25) is 5.02 Å². The SMILES string of the molecule is CC(C)(C)OC(=O)Nc1nn(Cc2c(F)cccc2Cl)cc1Br. The van der Waals surface area contributed by atoms with E-state index in [0.717, 1.165) is 0 Å². The van der Waals surface area contributed by atoms with Crippen molar-refractivity contribution in [1.82, 2.24) is 9.78 Å². The van der Waals surface area contributed by atoms with Gasteiger partial charge in [0.1, 0.15) is 11.4 Å². The van der Waals surface area contributed by atoms with E-state index >= 15 is 0 Å². The van der Waals surface area contributed by atoms with Crippen LogP contribution in [-0.2, 0) is 11.3 Å². The molecule has 2 aromatic rings. The van der Waals surface area contributed by atoms with Crippen LogP contribution in [0.4, 0.5) is 15.0 Å². The van der Waals surface area contributed by atoms with Gasteiger partial charge in [0, 0.05) is 16.8 Å². The standard InChI is InChI=1S/C15H16BrClFN3O2/c1-15(2,3)23-14(22)19-13-10(16)8-21(20-13)7-9-11(17)5-4-6-12(9)18/h4-6,8H,7H2,1-3H3,(H,19,20,22). The Balaban J connectivity index is 2.14. The highest BCUT2D eigenvalue weighted by atomic mass is 79.9. The average Bonchev–Trinajstić information content (AvgIpc) is 2.72. The Morgan fingerprint density at radius 1 is 1.48 bits per heavy atom. The zero-order chi connectivity index (χ0) is 17.2. The molecule has 1 N–H and O–H groups in total. The molecule has 0 saturated heterocycles. The smallest absolute Gasteiger partial charge is 0.413 e. The number of amides is 1. The molecule has 0 spiro atoms. The Kier molecular flexibility index (Phi) is 5.31. The molecule has 0 fully saturated rings. The van der Waals surface area contributed by atoms with Crippen molar-refractivity contribution in [3.63, 3.8) is 0 Å². The molecule has 0 atom stereocenters. The van der Waals surface area contributed by atoms with Crippen LogP contribution in [0, 0.1) is 5.82 Å². The molecule has 0 aliphatic heterocycles. The highest BCUT2D eigenvalue weighted by Crippen LogP contribution is 2.24. The van der Waals surface area contributed by atoms with Gasteiger partial charge in [-0.3, -0.25) is 10.00 Å². The lowest BCUT2D eigenvalue weighted by Crippen LogP contribution is -2.27. The minimum Gasteiger partial charge on any atom is -0.444 e. The van der Waals surface area contributed by atoms with Crippen LogP contribution in [0.15, 0.2) is 28.9 Å². The molecule has 1 aromatic heterocycles. The topological polar surface area (TPSA) is 56.1 Å². The predicted molar refractivity (Wildman–Crippen MR) is 90.3 cm³/mol. The number of carbonyl (C=O) groups excluding carboxylic acids is 1. The number of halogens is 3. The summed E-state index contributed by atoms with van der Waals surface area (Å²) in [5.41, 5.74) is -0.284. The molecule has 8 heteroatoms. The van der Waals surface area contributed by atoms with E-state index in [1.54, 1.807) is 33.0 Å². The maximum absolute atomic E-state index is 13.8. The lowest BCUT2D eigenvalue weighted by molar-refractivity contribution is 0.0635. The van der Waals surface area contributed by atoms with Gasteiger partial charge in [-0.1, -0.05) is 17.7 Å². The van der Waals surface area contributed by atoms with Gasteiger partial charge in [0.25, 0.3) is 0 Å². The van der Waals surface area contributed by atoms with Gasteiger partial charge < -0.3 is 4.74 Å².